The lowest BCUT2D eigenvalue weighted by atomic mass is 10.1. The van der Waals surface area contributed by atoms with Gasteiger partial charge in [-0.3, -0.25) is 0 Å². The number of esters is 1. The van der Waals surface area contributed by atoms with Gasteiger partial charge in [0.05, 0.1) is 12.2 Å². The maximum Gasteiger partial charge on any atom is 0.338 e. The number of anilines is 1. The van der Waals surface area contributed by atoms with E-state index >= 15 is 0 Å². The fraction of sp³-hybridized carbons (Fsp3) is 0.429. The van der Waals surface area contributed by atoms with Gasteiger partial charge in [-0.25, -0.2) is 9.59 Å². The Bertz CT molecular complexity index is 447. The minimum Gasteiger partial charge on any atom is -0.462 e. The van der Waals surface area contributed by atoms with E-state index in [9.17, 15) is 9.59 Å². The monoisotopic (exact) mass is 264 g/mol. The van der Waals surface area contributed by atoms with Gasteiger partial charge in [-0.15, -0.1) is 0 Å². The Balaban J connectivity index is 2.62. The number of ether oxygens (including phenoxy) is 1. The van der Waals surface area contributed by atoms with Crippen molar-refractivity contribution in [2.24, 2.45) is 0 Å². The number of carbonyl (C=O) groups excluding carboxylic acids is 2. The largest absolute Gasteiger partial charge is 0.462 e. The summed E-state index contributed by atoms with van der Waals surface area (Å²) in [4.78, 5) is 23.1. The summed E-state index contributed by atoms with van der Waals surface area (Å²) < 4.78 is 4.88. The molecule has 0 aliphatic heterocycles. The molecule has 1 rings (SSSR count). The molecule has 0 aliphatic carbocycles. The van der Waals surface area contributed by atoms with E-state index in [1.807, 2.05) is 20.8 Å². The lowest BCUT2D eigenvalue weighted by molar-refractivity contribution is 0.0526. The van der Waals surface area contributed by atoms with Crippen molar-refractivity contribution in [3.05, 3.63) is 29.8 Å². The molecule has 1 aromatic rings. The summed E-state index contributed by atoms with van der Waals surface area (Å²) in [5.41, 5.74) is 0.785. The second-order valence-electron chi connectivity index (χ2n) is 5.13. The third kappa shape index (κ3) is 5.42. The standard InChI is InChI=1S/C14H20N2O3/c1-5-19-12(17)10-6-8-11(9-7-10)15-13(18)16-14(2,3)4/h6-9H,5H2,1-4H3,(H2,15,16,18). The molecule has 0 spiro atoms. The van der Waals surface area contributed by atoms with Gasteiger partial charge in [-0.1, -0.05) is 0 Å². The molecule has 0 bridgehead atoms. The second-order valence-corrected chi connectivity index (χ2v) is 5.13. The summed E-state index contributed by atoms with van der Waals surface area (Å²) in [6.45, 7) is 7.79. The van der Waals surface area contributed by atoms with Crippen molar-refractivity contribution in [2.45, 2.75) is 33.2 Å². The smallest absolute Gasteiger partial charge is 0.338 e. The normalized spacial score (nSPS) is 10.7. The van der Waals surface area contributed by atoms with E-state index in [1.165, 1.54) is 0 Å². The highest BCUT2D eigenvalue weighted by molar-refractivity contribution is 5.92. The first-order valence-corrected chi connectivity index (χ1v) is 6.18. The molecule has 0 saturated carbocycles. The van der Waals surface area contributed by atoms with Gasteiger partial charge in [0.15, 0.2) is 0 Å². The van der Waals surface area contributed by atoms with Gasteiger partial charge in [0.2, 0.25) is 0 Å². The Kier molecular flexibility index (Phi) is 4.92. The zero-order valence-corrected chi connectivity index (χ0v) is 11.7. The fourth-order valence-corrected chi connectivity index (χ4v) is 1.41. The van der Waals surface area contributed by atoms with Crippen LogP contribution < -0.4 is 10.6 Å². The maximum absolute atomic E-state index is 11.6. The molecule has 2 amide bonds. The first-order chi connectivity index (χ1) is 8.81. The van der Waals surface area contributed by atoms with Gasteiger partial charge in [-0.2, -0.15) is 0 Å². The van der Waals surface area contributed by atoms with E-state index in [0.29, 0.717) is 17.9 Å². The van der Waals surface area contributed by atoms with Crippen LogP contribution in [0, 0.1) is 0 Å². The first-order valence-electron chi connectivity index (χ1n) is 6.18. The molecule has 5 nitrogen and oxygen atoms in total. The number of rotatable bonds is 3. The molecule has 104 valence electrons. The fourth-order valence-electron chi connectivity index (χ4n) is 1.41. The van der Waals surface area contributed by atoms with Crippen LogP contribution in [0.2, 0.25) is 0 Å². The highest BCUT2D eigenvalue weighted by Crippen LogP contribution is 2.11. The van der Waals surface area contributed by atoms with E-state index in [4.69, 9.17) is 4.74 Å². The van der Waals surface area contributed by atoms with Gasteiger partial charge in [0.25, 0.3) is 0 Å². The SMILES string of the molecule is CCOC(=O)c1ccc(NC(=O)NC(C)(C)C)cc1. The first kappa shape index (κ1) is 15.0. The van der Waals surface area contributed by atoms with Gasteiger partial charge in [-0.05, 0) is 52.0 Å². The molecule has 0 aliphatic rings. The Morgan fingerprint density at radius 3 is 2.21 bits per heavy atom. The van der Waals surface area contributed by atoms with Crippen molar-refractivity contribution in [2.75, 3.05) is 11.9 Å². The van der Waals surface area contributed by atoms with Crippen LogP contribution >= 0.6 is 0 Å². The number of hydrogen-bond acceptors (Lipinski definition) is 3. The summed E-state index contributed by atoms with van der Waals surface area (Å²) >= 11 is 0. The van der Waals surface area contributed by atoms with E-state index in [-0.39, 0.29) is 17.5 Å². The molecule has 0 atom stereocenters. The second kappa shape index (κ2) is 6.22. The third-order valence-electron chi connectivity index (χ3n) is 2.14. The highest BCUT2D eigenvalue weighted by Gasteiger charge is 2.13. The lowest BCUT2D eigenvalue weighted by Gasteiger charge is -2.20. The zero-order chi connectivity index (χ0) is 14.5. The maximum atomic E-state index is 11.6. The van der Waals surface area contributed by atoms with Crippen molar-refractivity contribution in [1.29, 1.82) is 0 Å². The molecule has 0 aromatic heterocycles. The molecule has 5 heteroatoms. The van der Waals surface area contributed by atoms with Gasteiger partial charge < -0.3 is 15.4 Å². The van der Waals surface area contributed by atoms with Crippen molar-refractivity contribution >= 4 is 17.7 Å². The minimum atomic E-state index is -0.367. The van der Waals surface area contributed by atoms with Crippen LogP contribution in [-0.2, 0) is 4.74 Å². The van der Waals surface area contributed by atoms with Gasteiger partial charge >= 0.3 is 12.0 Å². The average molecular weight is 264 g/mol. The number of urea groups is 1. The Labute approximate surface area is 113 Å². The lowest BCUT2D eigenvalue weighted by Crippen LogP contribution is -2.43. The molecule has 0 fully saturated rings. The quantitative estimate of drug-likeness (QED) is 0.825. The van der Waals surface area contributed by atoms with E-state index in [1.54, 1.807) is 31.2 Å². The van der Waals surface area contributed by atoms with E-state index < -0.39 is 0 Å². The van der Waals surface area contributed by atoms with E-state index in [0.717, 1.165) is 0 Å². The van der Waals surface area contributed by atoms with Gasteiger partial charge in [0.1, 0.15) is 0 Å². The molecular weight excluding hydrogens is 244 g/mol. The summed E-state index contributed by atoms with van der Waals surface area (Å²) in [7, 11) is 0. The summed E-state index contributed by atoms with van der Waals surface area (Å²) in [5.74, 6) is -0.367. The minimum absolute atomic E-state index is 0.281. The topological polar surface area (TPSA) is 67.4 Å². The van der Waals surface area contributed by atoms with Crippen molar-refractivity contribution in [3.63, 3.8) is 0 Å². The van der Waals surface area contributed by atoms with Gasteiger partial charge in [0, 0.05) is 11.2 Å². The third-order valence-corrected chi connectivity index (χ3v) is 2.14. The molecule has 0 unspecified atom stereocenters. The molecule has 0 heterocycles. The molecule has 1 aromatic carbocycles. The van der Waals surface area contributed by atoms with Crippen LogP contribution in [0.1, 0.15) is 38.1 Å². The van der Waals surface area contributed by atoms with Crippen molar-refractivity contribution in [3.8, 4) is 0 Å². The summed E-state index contributed by atoms with van der Waals surface area (Å²) in [5, 5.41) is 5.48. The number of hydrogen-bond donors (Lipinski definition) is 2. The highest BCUT2D eigenvalue weighted by atomic mass is 16.5. The molecule has 0 saturated heterocycles. The summed E-state index contributed by atoms with van der Waals surface area (Å²) in [6, 6.07) is 6.27. The number of carbonyl (C=O) groups is 2. The number of benzene rings is 1. The van der Waals surface area contributed by atoms with Crippen LogP contribution in [0.3, 0.4) is 0 Å². The predicted molar refractivity (Wildman–Crippen MR) is 74.3 cm³/mol. The van der Waals surface area contributed by atoms with Crippen molar-refractivity contribution < 1.29 is 14.3 Å². The Hall–Kier alpha value is -2.04. The zero-order valence-electron chi connectivity index (χ0n) is 11.7. The van der Waals surface area contributed by atoms with Crippen LogP contribution in [0.15, 0.2) is 24.3 Å². The molecular formula is C14H20N2O3. The number of nitrogens with one attached hydrogen (secondary N) is 2. The number of amides is 2. The molecule has 2 N–H and O–H groups in total. The van der Waals surface area contributed by atoms with Crippen LogP contribution in [0.5, 0.6) is 0 Å². The Morgan fingerprint density at radius 2 is 1.74 bits per heavy atom. The van der Waals surface area contributed by atoms with Crippen molar-refractivity contribution in [1.82, 2.24) is 5.32 Å². The van der Waals surface area contributed by atoms with Crippen LogP contribution in [-0.4, -0.2) is 24.1 Å². The average Bonchev–Trinajstić information content (AvgIpc) is 2.27. The predicted octanol–water partition coefficient (Wildman–Crippen LogP) is 2.78. The van der Waals surface area contributed by atoms with Crippen LogP contribution in [0.25, 0.3) is 0 Å². The molecule has 0 radical (unpaired) electrons. The Morgan fingerprint density at radius 1 is 1.16 bits per heavy atom. The van der Waals surface area contributed by atoms with E-state index in [2.05, 4.69) is 10.6 Å². The summed E-state index contributed by atoms with van der Waals surface area (Å²) in [6.07, 6.45) is 0. The van der Waals surface area contributed by atoms with Crippen LogP contribution in [0.4, 0.5) is 10.5 Å². The molecule has 19 heavy (non-hydrogen) atoms.